The SMILES string of the molecule is CCC(Cc1cccc(CC(CC)(C(C)=O)C(C)=O)c1)(C(C)=O)C(C)=O. The van der Waals surface area contributed by atoms with Gasteiger partial charge in [-0.15, -0.1) is 0 Å². The molecule has 26 heavy (non-hydrogen) atoms. The number of hydrogen-bond donors (Lipinski definition) is 0. The molecule has 4 heteroatoms. The van der Waals surface area contributed by atoms with Gasteiger partial charge in [0.1, 0.15) is 23.1 Å². The predicted molar refractivity (Wildman–Crippen MR) is 102 cm³/mol. The van der Waals surface area contributed by atoms with Gasteiger partial charge in [0, 0.05) is 0 Å². The average Bonchev–Trinajstić information content (AvgIpc) is 2.56. The van der Waals surface area contributed by atoms with Crippen molar-refractivity contribution in [1.82, 2.24) is 0 Å². The molecule has 4 nitrogen and oxygen atoms in total. The average molecular weight is 358 g/mol. The van der Waals surface area contributed by atoms with Crippen molar-refractivity contribution in [2.45, 2.75) is 67.2 Å². The van der Waals surface area contributed by atoms with Gasteiger partial charge in [-0.1, -0.05) is 38.1 Å². The van der Waals surface area contributed by atoms with Gasteiger partial charge in [0.25, 0.3) is 0 Å². The van der Waals surface area contributed by atoms with E-state index in [1.54, 1.807) is 0 Å². The standard InChI is InChI=1S/C22H30O4/c1-7-21(15(3)23,16(4)24)13-19-10-9-11-20(12-19)14-22(8-2,17(5)25)18(6)26/h9-12H,7-8,13-14H2,1-6H3. The van der Waals surface area contributed by atoms with Crippen LogP contribution in [0, 0.1) is 10.8 Å². The lowest BCUT2D eigenvalue weighted by Gasteiger charge is -2.29. The van der Waals surface area contributed by atoms with Gasteiger partial charge in [0.05, 0.1) is 10.8 Å². The number of rotatable bonds is 10. The first kappa shape index (κ1) is 21.9. The highest BCUT2D eigenvalue weighted by molar-refractivity contribution is 6.06. The summed E-state index contributed by atoms with van der Waals surface area (Å²) in [4.78, 5) is 48.7. The monoisotopic (exact) mass is 358 g/mol. The molecule has 0 N–H and O–H groups in total. The van der Waals surface area contributed by atoms with E-state index in [2.05, 4.69) is 0 Å². The van der Waals surface area contributed by atoms with Crippen LogP contribution in [0.3, 0.4) is 0 Å². The molecule has 0 bridgehead atoms. The highest BCUT2D eigenvalue weighted by atomic mass is 16.2. The second-order valence-corrected chi connectivity index (χ2v) is 7.27. The van der Waals surface area contributed by atoms with Crippen LogP contribution in [-0.2, 0) is 32.0 Å². The Balaban J connectivity index is 3.27. The summed E-state index contributed by atoms with van der Waals surface area (Å²) in [6, 6.07) is 7.53. The van der Waals surface area contributed by atoms with Gasteiger partial charge in [-0.25, -0.2) is 0 Å². The molecule has 0 saturated heterocycles. The van der Waals surface area contributed by atoms with Crippen molar-refractivity contribution in [3.8, 4) is 0 Å². The van der Waals surface area contributed by atoms with E-state index in [4.69, 9.17) is 0 Å². The van der Waals surface area contributed by atoms with Crippen LogP contribution in [0.1, 0.15) is 65.5 Å². The minimum absolute atomic E-state index is 0.131. The maximum absolute atomic E-state index is 12.2. The van der Waals surface area contributed by atoms with E-state index in [1.165, 1.54) is 27.7 Å². The minimum Gasteiger partial charge on any atom is -0.299 e. The van der Waals surface area contributed by atoms with Crippen LogP contribution in [0.4, 0.5) is 0 Å². The van der Waals surface area contributed by atoms with E-state index >= 15 is 0 Å². The first-order valence-electron chi connectivity index (χ1n) is 9.17. The number of carbonyl (C=O) groups excluding carboxylic acids is 4. The quantitative estimate of drug-likeness (QED) is 0.595. The third kappa shape index (κ3) is 4.17. The molecule has 0 spiro atoms. The summed E-state index contributed by atoms with van der Waals surface area (Å²) < 4.78 is 0. The number of hydrogen-bond acceptors (Lipinski definition) is 4. The van der Waals surface area contributed by atoms with Gasteiger partial charge in [-0.05, 0) is 64.5 Å². The van der Waals surface area contributed by atoms with Crippen molar-refractivity contribution in [2.24, 2.45) is 10.8 Å². The second kappa shape index (κ2) is 8.52. The molecule has 1 rings (SSSR count). The zero-order valence-electron chi connectivity index (χ0n) is 16.8. The first-order chi connectivity index (χ1) is 12.1. The molecule has 0 aliphatic heterocycles. The number of benzene rings is 1. The Hall–Kier alpha value is -2.10. The van der Waals surface area contributed by atoms with E-state index in [-0.39, 0.29) is 23.1 Å². The molecule has 0 heterocycles. The molecule has 0 aliphatic carbocycles. The van der Waals surface area contributed by atoms with Gasteiger partial charge >= 0.3 is 0 Å². The Kier molecular flexibility index (Phi) is 7.19. The van der Waals surface area contributed by atoms with E-state index in [1.807, 2.05) is 38.1 Å². The van der Waals surface area contributed by atoms with Crippen molar-refractivity contribution in [3.05, 3.63) is 35.4 Å². The van der Waals surface area contributed by atoms with Crippen LogP contribution in [0.5, 0.6) is 0 Å². The van der Waals surface area contributed by atoms with Crippen molar-refractivity contribution in [3.63, 3.8) is 0 Å². The smallest absolute Gasteiger partial charge is 0.143 e. The van der Waals surface area contributed by atoms with Gasteiger partial charge in [0.15, 0.2) is 0 Å². The van der Waals surface area contributed by atoms with E-state index in [9.17, 15) is 19.2 Å². The van der Waals surface area contributed by atoms with Crippen LogP contribution in [0.15, 0.2) is 24.3 Å². The van der Waals surface area contributed by atoms with Crippen molar-refractivity contribution in [1.29, 1.82) is 0 Å². The number of ketones is 4. The van der Waals surface area contributed by atoms with Crippen LogP contribution in [-0.4, -0.2) is 23.1 Å². The van der Waals surface area contributed by atoms with E-state index in [0.29, 0.717) is 25.7 Å². The highest BCUT2D eigenvalue weighted by Gasteiger charge is 2.40. The number of carbonyl (C=O) groups is 4. The molecule has 0 fully saturated rings. The summed E-state index contributed by atoms with van der Waals surface area (Å²) in [6.07, 6.45) is 1.56. The summed E-state index contributed by atoms with van der Waals surface area (Å²) in [5, 5.41) is 0. The topological polar surface area (TPSA) is 68.3 Å². The van der Waals surface area contributed by atoms with Crippen molar-refractivity contribution in [2.75, 3.05) is 0 Å². The van der Waals surface area contributed by atoms with Crippen LogP contribution < -0.4 is 0 Å². The molecule has 0 unspecified atom stereocenters. The Morgan fingerprint density at radius 1 is 0.692 bits per heavy atom. The van der Waals surface area contributed by atoms with E-state index < -0.39 is 10.8 Å². The van der Waals surface area contributed by atoms with Crippen molar-refractivity contribution >= 4 is 23.1 Å². The molecule has 0 saturated carbocycles. The Morgan fingerprint density at radius 2 is 1.00 bits per heavy atom. The van der Waals surface area contributed by atoms with Gasteiger partial charge in [-0.3, -0.25) is 19.2 Å². The lowest BCUT2D eigenvalue weighted by atomic mass is 9.71. The van der Waals surface area contributed by atoms with Gasteiger partial charge in [0.2, 0.25) is 0 Å². The summed E-state index contributed by atoms with van der Waals surface area (Å²) >= 11 is 0. The normalized spacial score (nSPS) is 11.9. The highest BCUT2D eigenvalue weighted by Crippen LogP contribution is 2.33. The zero-order chi connectivity index (χ0) is 20.1. The maximum atomic E-state index is 12.2. The minimum atomic E-state index is -1.01. The number of Topliss-reactive ketones (excluding diaryl/α,β-unsaturated/α-hetero) is 4. The largest absolute Gasteiger partial charge is 0.299 e. The Labute approximate surface area is 156 Å². The van der Waals surface area contributed by atoms with E-state index in [0.717, 1.165) is 11.1 Å². The fraction of sp³-hybridized carbons (Fsp3) is 0.545. The Morgan fingerprint density at radius 3 is 1.23 bits per heavy atom. The van der Waals surface area contributed by atoms with Crippen LogP contribution >= 0.6 is 0 Å². The molecule has 1 aromatic rings. The molecule has 0 aliphatic rings. The summed E-state index contributed by atoms with van der Waals surface area (Å²) in [5.41, 5.74) is -0.290. The fourth-order valence-corrected chi connectivity index (χ4v) is 3.79. The molecule has 0 radical (unpaired) electrons. The molecule has 0 amide bonds. The Bertz CT molecular complexity index is 629. The predicted octanol–water partition coefficient (Wildman–Crippen LogP) is 3.92. The van der Waals surface area contributed by atoms with Crippen LogP contribution in [0.25, 0.3) is 0 Å². The second-order valence-electron chi connectivity index (χ2n) is 7.27. The molecular weight excluding hydrogens is 328 g/mol. The zero-order valence-corrected chi connectivity index (χ0v) is 16.8. The molecule has 142 valence electrons. The van der Waals surface area contributed by atoms with Gasteiger partial charge < -0.3 is 0 Å². The summed E-state index contributed by atoms with van der Waals surface area (Å²) in [5.74, 6) is -0.525. The summed E-state index contributed by atoms with van der Waals surface area (Å²) in [7, 11) is 0. The van der Waals surface area contributed by atoms with Gasteiger partial charge in [-0.2, -0.15) is 0 Å². The maximum Gasteiger partial charge on any atom is 0.143 e. The molecule has 0 atom stereocenters. The lowest BCUT2D eigenvalue weighted by molar-refractivity contribution is -0.140. The van der Waals surface area contributed by atoms with Crippen LogP contribution in [0.2, 0.25) is 0 Å². The summed E-state index contributed by atoms with van der Waals surface area (Å²) in [6.45, 7) is 9.54. The third-order valence-corrected chi connectivity index (χ3v) is 5.91. The third-order valence-electron chi connectivity index (χ3n) is 5.91. The van der Waals surface area contributed by atoms with Crippen molar-refractivity contribution < 1.29 is 19.2 Å². The molecular formula is C22H30O4. The first-order valence-corrected chi connectivity index (χ1v) is 9.17. The fourth-order valence-electron chi connectivity index (χ4n) is 3.79. The molecule has 1 aromatic carbocycles. The lowest BCUT2D eigenvalue weighted by Crippen LogP contribution is -2.39. The molecule has 0 aromatic heterocycles.